The summed E-state index contributed by atoms with van der Waals surface area (Å²) in [5, 5.41) is 9.42. The van der Waals surface area contributed by atoms with Gasteiger partial charge in [0.15, 0.2) is 17.0 Å². The average molecular weight is 432 g/mol. The molecule has 4 heterocycles. The lowest BCUT2D eigenvalue weighted by Gasteiger charge is -2.33. The summed E-state index contributed by atoms with van der Waals surface area (Å²) in [6.07, 6.45) is -2.82. The number of rotatable bonds is 4. The maximum atomic E-state index is 13.0. The highest BCUT2D eigenvalue weighted by molar-refractivity contribution is 8.26. The molecule has 8 nitrogen and oxygen atoms in total. The van der Waals surface area contributed by atoms with E-state index in [-0.39, 0.29) is 34.9 Å². The van der Waals surface area contributed by atoms with Gasteiger partial charge >= 0.3 is 12.2 Å². The second-order valence-corrected chi connectivity index (χ2v) is 8.65. The largest absolute Gasteiger partial charge is 0.468 e. The van der Waals surface area contributed by atoms with Crippen molar-refractivity contribution in [2.45, 2.75) is 57.9 Å². The number of aliphatic imine (C=N–C) groups is 1. The minimum Gasteiger partial charge on any atom is -0.468 e. The monoisotopic (exact) mass is 432 g/mol. The van der Waals surface area contributed by atoms with Gasteiger partial charge in [0.25, 0.3) is 5.23 Å². The molecule has 0 spiro atoms. The van der Waals surface area contributed by atoms with Gasteiger partial charge in [-0.05, 0) is 25.7 Å². The van der Waals surface area contributed by atoms with E-state index in [9.17, 15) is 13.2 Å². The Morgan fingerprint density at radius 1 is 1.21 bits per heavy atom. The molecule has 0 bridgehead atoms. The second kappa shape index (κ2) is 7.69. The fourth-order valence-electron chi connectivity index (χ4n) is 3.52. The Balaban J connectivity index is 1.30. The molecule has 4 rings (SSSR count). The van der Waals surface area contributed by atoms with Gasteiger partial charge in [0.2, 0.25) is 0 Å². The zero-order chi connectivity index (χ0) is 20.8. The van der Waals surface area contributed by atoms with Crippen LogP contribution in [0.1, 0.15) is 45.4 Å². The molecule has 0 radical (unpaired) electrons. The molecule has 0 aliphatic carbocycles. The average Bonchev–Trinajstić information content (AvgIpc) is 3.36. The smallest absolute Gasteiger partial charge is 0.412 e. The number of thioether (sulfide) groups is 1. The molecule has 160 valence electrons. The van der Waals surface area contributed by atoms with E-state index in [1.807, 2.05) is 20.8 Å². The van der Waals surface area contributed by atoms with E-state index < -0.39 is 12.2 Å². The minimum atomic E-state index is -4.37. The van der Waals surface area contributed by atoms with Crippen molar-refractivity contribution in [3.05, 3.63) is 5.82 Å². The second-order valence-electron chi connectivity index (χ2n) is 7.73. The molecule has 3 aliphatic rings. The molecule has 0 amide bonds. The third-order valence-corrected chi connectivity index (χ3v) is 6.20. The SMILES string of the molecule is CC(C)c1noc(N2CCC([C@H](C)OC3=NN4C(=NCC4C(F)(F)F)S3)CC2)n1. The Labute approximate surface area is 170 Å². The Kier molecular flexibility index (Phi) is 5.38. The number of alkyl halides is 3. The Morgan fingerprint density at radius 3 is 2.55 bits per heavy atom. The summed E-state index contributed by atoms with van der Waals surface area (Å²) in [6.45, 7) is 7.15. The van der Waals surface area contributed by atoms with Crippen LogP contribution in [0, 0.1) is 5.92 Å². The summed E-state index contributed by atoms with van der Waals surface area (Å²) in [4.78, 5) is 10.4. The first-order chi connectivity index (χ1) is 13.7. The van der Waals surface area contributed by atoms with Crippen molar-refractivity contribution in [1.29, 1.82) is 0 Å². The zero-order valence-electron chi connectivity index (χ0n) is 16.4. The number of aromatic nitrogens is 2. The summed E-state index contributed by atoms with van der Waals surface area (Å²) < 4.78 is 50.4. The third kappa shape index (κ3) is 4.17. The zero-order valence-corrected chi connectivity index (χ0v) is 17.2. The number of halogens is 3. The van der Waals surface area contributed by atoms with Gasteiger partial charge in [0, 0.05) is 30.8 Å². The van der Waals surface area contributed by atoms with Crippen LogP contribution in [0.3, 0.4) is 0 Å². The van der Waals surface area contributed by atoms with Crippen molar-refractivity contribution in [2.75, 3.05) is 24.5 Å². The number of fused-ring (bicyclic) bond motifs is 1. The molecule has 3 aliphatic heterocycles. The first kappa shape index (κ1) is 20.3. The normalized spacial score (nSPS) is 24.0. The number of hydrogen-bond donors (Lipinski definition) is 0. The molecular weight excluding hydrogens is 409 g/mol. The topological polar surface area (TPSA) is 79.4 Å². The predicted octanol–water partition coefficient (Wildman–Crippen LogP) is 3.43. The standard InChI is InChI=1S/C17H23F3N6O2S/c1-9(2)13-22-14(28-24-13)25-6-4-11(5-7-25)10(3)27-16-23-26-12(17(18,19)20)8-21-15(26)29-16/h9-12H,4-8H2,1-3H3/t10-,12?/m0/s1. The molecule has 0 aromatic carbocycles. The number of nitrogens with zero attached hydrogens (tertiary/aromatic N) is 6. The molecule has 29 heavy (non-hydrogen) atoms. The highest BCUT2D eigenvalue weighted by Gasteiger charge is 2.50. The van der Waals surface area contributed by atoms with E-state index in [0.717, 1.165) is 42.7 Å². The van der Waals surface area contributed by atoms with Crippen LogP contribution in [-0.2, 0) is 4.74 Å². The molecule has 1 unspecified atom stereocenters. The Morgan fingerprint density at radius 2 is 1.93 bits per heavy atom. The lowest BCUT2D eigenvalue weighted by molar-refractivity contribution is -0.167. The van der Waals surface area contributed by atoms with Crippen LogP contribution in [0.4, 0.5) is 19.2 Å². The summed E-state index contributed by atoms with van der Waals surface area (Å²) in [5.74, 6) is 1.16. The summed E-state index contributed by atoms with van der Waals surface area (Å²) in [7, 11) is 0. The fourth-order valence-corrected chi connectivity index (χ4v) is 4.41. The molecule has 12 heteroatoms. The number of hydrogen-bond acceptors (Lipinski definition) is 9. The minimum absolute atomic E-state index is 0.165. The lowest BCUT2D eigenvalue weighted by atomic mass is 9.92. The summed E-state index contributed by atoms with van der Waals surface area (Å²) in [6, 6.07) is -1.16. The third-order valence-electron chi connectivity index (χ3n) is 5.34. The van der Waals surface area contributed by atoms with Crippen molar-refractivity contribution < 1.29 is 22.4 Å². The molecular formula is C17H23F3N6O2S. The molecule has 2 atom stereocenters. The molecule has 0 saturated carbocycles. The highest BCUT2D eigenvalue weighted by Crippen LogP contribution is 2.37. The van der Waals surface area contributed by atoms with Gasteiger partial charge in [-0.25, -0.2) is 5.01 Å². The predicted molar refractivity (Wildman–Crippen MR) is 103 cm³/mol. The van der Waals surface area contributed by atoms with Gasteiger partial charge in [-0.1, -0.05) is 19.0 Å². The van der Waals surface area contributed by atoms with E-state index in [1.54, 1.807) is 0 Å². The molecule has 1 aromatic rings. The van der Waals surface area contributed by atoms with E-state index in [1.165, 1.54) is 0 Å². The maximum Gasteiger partial charge on any atom is 0.412 e. The van der Waals surface area contributed by atoms with Crippen molar-refractivity contribution in [3.63, 3.8) is 0 Å². The van der Waals surface area contributed by atoms with Crippen LogP contribution in [0.25, 0.3) is 0 Å². The molecule has 1 saturated heterocycles. The molecule has 1 aromatic heterocycles. The van der Waals surface area contributed by atoms with Gasteiger partial charge in [0.1, 0.15) is 6.10 Å². The number of piperidine rings is 1. The number of ether oxygens (including phenoxy) is 1. The number of amidine groups is 1. The van der Waals surface area contributed by atoms with Crippen LogP contribution in [0.15, 0.2) is 14.6 Å². The Bertz CT molecular complexity index is 803. The van der Waals surface area contributed by atoms with E-state index >= 15 is 0 Å². The van der Waals surface area contributed by atoms with E-state index in [4.69, 9.17) is 9.26 Å². The van der Waals surface area contributed by atoms with Crippen LogP contribution in [0.2, 0.25) is 0 Å². The number of anilines is 1. The Hall–Kier alpha value is -1.98. The van der Waals surface area contributed by atoms with Gasteiger partial charge in [-0.2, -0.15) is 18.2 Å². The molecule has 0 N–H and O–H groups in total. The fraction of sp³-hybridized carbons (Fsp3) is 0.765. The number of hydrazone groups is 1. The van der Waals surface area contributed by atoms with Crippen LogP contribution < -0.4 is 4.90 Å². The summed E-state index contributed by atoms with van der Waals surface area (Å²) in [5.41, 5.74) is 0. The van der Waals surface area contributed by atoms with E-state index in [0.29, 0.717) is 11.8 Å². The van der Waals surface area contributed by atoms with Crippen LogP contribution in [-0.4, -0.2) is 63.5 Å². The van der Waals surface area contributed by atoms with Crippen LogP contribution in [0.5, 0.6) is 0 Å². The molecule has 1 fully saturated rings. The highest BCUT2D eigenvalue weighted by atomic mass is 32.2. The first-order valence-corrected chi connectivity index (χ1v) is 10.5. The van der Waals surface area contributed by atoms with Crippen molar-refractivity contribution in [3.8, 4) is 0 Å². The van der Waals surface area contributed by atoms with Crippen molar-refractivity contribution in [2.24, 2.45) is 16.0 Å². The van der Waals surface area contributed by atoms with E-state index in [2.05, 4.69) is 25.1 Å². The van der Waals surface area contributed by atoms with Gasteiger partial charge < -0.3 is 14.2 Å². The van der Waals surface area contributed by atoms with Gasteiger partial charge in [-0.15, -0.1) is 5.10 Å². The lowest BCUT2D eigenvalue weighted by Crippen LogP contribution is -2.41. The summed E-state index contributed by atoms with van der Waals surface area (Å²) >= 11 is 1.06. The van der Waals surface area contributed by atoms with Crippen LogP contribution >= 0.6 is 11.8 Å². The first-order valence-electron chi connectivity index (χ1n) is 9.64. The maximum absolute atomic E-state index is 13.0. The van der Waals surface area contributed by atoms with Gasteiger partial charge in [-0.3, -0.25) is 4.99 Å². The van der Waals surface area contributed by atoms with Crippen molar-refractivity contribution >= 4 is 28.2 Å². The van der Waals surface area contributed by atoms with Gasteiger partial charge in [0.05, 0.1) is 6.54 Å². The quantitative estimate of drug-likeness (QED) is 0.721. The van der Waals surface area contributed by atoms with Crippen molar-refractivity contribution in [1.82, 2.24) is 15.1 Å².